The number of carboxylic acid groups (broad SMARTS) is 1. The van der Waals surface area contributed by atoms with Crippen molar-refractivity contribution in [3.63, 3.8) is 0 Å². The molecule has 0 amide bonds. The summed E-state index contributed by atoms with van der Waals surface area (Å²) in [7, 11) is 0. The third-order valence-electron chi connectivity index (χ3n) is 1.78. The molecule has 0 aromatic carbocycles. The molecule has 1 rings (SSSR count). The lowest BCUT2D eigenvalue weighted by Gasteiger charge is -2.09. The normalized spacial score (nSPS) is 11.3. The number of alkyl halides is 3. The number of carbonyl (C=O) groups is 1. The first kappa shape index (κ1) is 14.9. The summed E-state index contributed by atoms with van der Waals surface area (Å²) in [6.45, 7) is -0.0278. The molecule has 0 fully saturated rings. The number of thioether (sulfide) groups is 1. The van der Waals surface area contributed by atoms with Crippen LogP contribution in [0.2, 0.25) is 5.02 Å². The van der Waals surface area contributed by atoms with Gasteiger partial charge < -0.3 is 10.4 Å². The van der Waals surface area contributed by atoms with Crippen molar-refractivity contribution in [2.75, 3.05) is 17.6 Å². The number of nitrogens with zero attached hydrogens (tertiary/aromatic N) is 1. The van der Waals surface area contributed by atoms with Crippen molar-refractivity contribution in [3.05, 3.63) is 22.8 Å². The number of halogens is 4. The van der Waals surface area contributed by atoms with Crippen LogP contribution in [0.25, 0.3) is 0 Å². The van der Waals surface area contributed by atoms with Gasteiger partial charge in [0, 0.05) is 18.5 Å². The minimum atomic E-state index is -4.29. The fraction of sp³-hybridized carbons (Fsp3) is 0.333. The second-order valence-electron chi connectivity index (χ2n) is 3.05. The zero-order valence-corrected chi connectivity index (χ0v) is 10.4. The monoisotopic (exact) mass is 300 g/mol. The van der Waals surface area contributed by atoms with Crippen LogP contribution in [-0.2, 0) is 0 Å². The third kappa shape index (κ3) is 4.61. The maximum Gasteiger partial charge on any atom is 0.441 e. The summed E-state index contributed by atoms with van der Waals surface area (Å²) in [6.07, 6.45) is 1.22. The molecule has 2 N–H and O–H groups in total. The Kier molecular flexibility index (Phi) is 5.09. The molecule has 1 aromatic rings. The topological polar surface area (TPSA) is 62.2 Å². The average molecular weight is 301 g/mol. The Morgan fingerprint density at radius 3 is 2.78 bits per heavy atom. The lowest BCUT2D eigenvalue weighted by atomic mass is 10.2. The van der Waals surface area contributed by atoms with Crippen molar-refractivity contribution in [1.29, 1.82) is 0 Å². The van der Waals surface area contributed by atoms with Gasteiger partial charge in [0.25, 0.3) is 0 Å². The highest BCUT2D eigenvalue weighted by atomic mass is 35.5. The fourth-order valence-electron chi connectivity index (χ4n) is 1.07. The molecule has 1 heterocycles. The van der Waals surface area contributed by atoms with Crippen molar-refractivity contribution in [2.45, 2.75) is 5.51 Å². The highest BCUT2D eigenvalue weighted by Crippen LogP contribution is 2.30. The van der Waals surface area contributed by atoms with Crippen LogP contribution in [0.3, 0.4) is 0 Å². The van der Waals surface area contributed by atoms with Crippen LogP contribution in [-0.4, -0.2) is 33.9 Å². The first-order chi connectivity index (χ1) is 8.31. The predicted molar refractivity (Wildman–Crippen MR) is 63.2 cm³/mol. The van der Waals surface area contributed by atoms with Crippen LogP contribution in [0, 0.1) is 0 Å². The molecule has 1 aromatic heterocycles. The van der Waals surface area contributed by atoms with Gasteiger partial charge in [-0.15, -0.1) is 0 Å². The van der Waals surface area contributed by atoms with E-state index in [0.29, 0.717) is 0 Å². The summed E-state index contributed by atoms with van der Waals surface area (Å²) >= 11 is 5.56. The summed E-state index contributed by atoms with van der Waals surface area (Å²) in [6, 6.07) is 1.21. The average Bonchev–Trinajstić information content (AvgIpc) is 2.24. The van der Waals surface area contributed by atoms with Crippen LogP contribution in [0.4, 0.5) is 19.0 Å². The summed E-state index contributed by atoms with van der Waals surface area (Å²) in [5.74, 6) is -1.40. The van der Waals surface area contributed by atoms with Gasteiger partial charge >= 0.3 is 11.5 Å². The first-order valence-corrected chi connectivity index (χ1v) is 6.00. The molecule has 18 heavy (non-hydrogen) atoms. The molecule has 0 bridgehead atoms. The summed E-state index contributed by atoms with van der Waals surface area (Å²) < 4.78 is 35.5. The fourth-order valence-corrected chi connectivity index (χ4v) is 1.76. The van der Waals surface area contributed by atoms with Crippen LogP contribution >= 0.6 is 23.4 Å². The Morgan fingerprint density at radius 1 is 1.56 bits per heavy atom. The van der Waals surface area contributed by atoms with E-state index in [0.717, 1.165) is 0 Å². The maximum absolute atomic E-state index is 11.8. The quantitative estimate of drug-likeness (QED) is 0.818. The van der Waals surface area contributed by atoms with Crippen molar-refractivity contribution >= 4 is 35.1 Å². The molecule has 0 unspecified atom stereocenters. The smallest absolute Gasteiger partial charge is 0.441 e. The third-order valence-corrected chi connectivity index (χ3v) is 2.90. The molecule has 9 heteroatoms. The van der Waals surface area contributed by atoms with Crippen molar-refractivity contribution in [1.82, 2.24) is 4.98 Å². The van der Waals surface area contributed by atoms with Crippen LogP contribution in [0.5, 0.6) is 0 Å². The Morgan fingerprint density at radius 2 is 2.22 bits per heavy atom. The van der Waals surface area contributed by atoms with E-state index in [1.165, 1.54) is 12.3 Å². The Labute approximate surface area is 110 Å². The van der Waals surface area contributed by atoms with Crippen LogP contribution in [0.1, 0.15) is 10.4 Å². The number of rotatable bonds is 5. The van der Waals surface area contributed by atoms with Crippen molar-refractivity contribution in [3.8, 4) is 0 Å². The van der Waals surface area contributed by atoms with Gasteiger partial charge in [0.2, 0.25) is 0 Å². The number of hydrogen-bond acceptors (Lipinski definition) is 4. The Hall–Kier alpha value is -1.15. The number of anilines is 1. The largest absolute Gasteiger partial charge is 0.478 e. The predicted octanol–water partition coefficient (Wildman–Crippen LogP) is 3.10. The zero-order valence-electron chi connectivity index (χ0n) is 8.79. The van der Waals surface area contributed by atoms with E-state index in [-0.39, 0.29) is 40.5 Å². The molecule has 0 atom stereocenters. The molecule has 0 saturated carbocycles. The van der Waals surface area contributed by atoms with E-state index in [9.17, 15) is 18.0 Å². The first-order valence-electron chi connectivity index (χ1n) is 4.63. The molecular formula is C9H8ClF3N2O2S. The molecule has 100 valence electrons. The Balaban J connectivity index is 2.58. The molecule has 0 spiro atoms. The van der Waals surface area contributed by atoms with Gasteiger partial charge in [-0.05, 0) is 17.8 Å². The van der Waals surface area contributed by atoms with Gasteiger partial charge in [-0.25, -0.2) is 9.78 Å². The number of aromatic nitrogens is 1. The minimum absolute atomic E-state index is 0.0278. The van der Waals surface area contributed by atoms with Gasteiger partial charge in [-0.2, -0.15) is 13.2 Å². The molecular weight excluding hydrogens is 293 g/mol. The van der Waals surface area contributed by atoms with Crippen LogP contribution in [0.15, 0.2) is 12.3 Å². The van der Waals surface area contributed by atoms with E-state index >= 15 is 0 Å². The molecule has 0 aliphatic carbocycles. The van der Waals surface area contributed by atoms with E-state index in [4.69, 9.17) is 16.7 Å². The minimum Gasteiger partial charge on any atom is -0.478 e. The molecule has 0 aliphatic heterocycles. The van der Waals surface area contributed by atoms with Gasteiger partial charge in [0.15, 0.2) is 0 Å². The standard InChI is InChI=1S/C9H8ClF3N2O2S/c10-6-5(8(16)17)1-2-14-7(6)15-3-4-18-9(11,12)13/h1-2H,3-4H2,(H,14,15)(H,16,17). The molecule has 4 nitrogen and oxygen atoms in total. The van der Waals surface area contributed by atoms with Gasteiger partial charge in [0.1, 0.15) is 5.82 Å². The number of nitrogens with one attached hydrogen (secondary N) is 1. The number of hydrogen-bond donors (Lipinski definition) is 2. The highest BCUT2D eigenvalue weighted by Gasteiger charge is 2.27. The number of pyridine rings is 1. The molecule has 0 radical (unpaired) electrons. The number of carboxylic acids is 1. The second-order valence-corrected chi connectivity index (χ2v) is 4.59. The lowest BCUT2D eigenvalue weighted by Crippen LogP contribution is -2.11. The second kappa shape index (κ2) is 6.14. The van der Waals surface area contributed by atoms with E-state index in [2.05, 4.69) is 10.3 Å². The van der Waals surface area contributed by atoms with E-state index in [1.54, 1.807) is 0 Å². The van der Waals surface area contributed by atoms with E-state index in [1.807, 2.05) is 0 Å². The highest BCUT2D eigenvalue weighted by molar-refractivity contribution is 8.00. The van der Waals surface area contributed by atoms with E-state index < -0.39 is 11.5 Å². The Bertz CT molecular complexity index is 442. The van der Waals surface area contributed by atoms with Gasteiger partial charge in [-0.1, -0.05) is 11.6 Å². The lowest BCUT2D eigenvalue weighted by molar-refractivity contribution is -0.0327. The zero-order chi connectivity index (χ0) is 13.8. The summed E-state index contributed by atoms with van der Waals surface area (Å²) in [4.78, 5) is 14.5. The number of aromatic carboxylic acids is 1. The SMILES string of the molecule is O=C(O)c1ccnc(NCCSC(F)(F)F)c1Cl. The van der Waals surface area contributed by atoms with Crippen LogP contribution < -0.4 is 5.32 Å². The van der Waals surface area contributed by atoms with Gasteiger partial charge in [-0.3, -0.25) is 0 Å². The van der Waals surface area contributed by atoms with Crippen molar-refractivity contribution < 1.29 is 23.1 Å². The van der Waals surface area contributed by atoms with Crippen molar-refractivity contribution in [2.24, 2.45) is 0 Å². The van der Waals surface area contributed by atoms with Gasteiger partial charge in [0.05, 0.1) is 10.6 Å². The summed E-state index contributed by atoms with van der Waals surface area (Å²) in [5.41, 5.74) is -4.44. The molecule has 0 saturated heterocycles. The molecule has 0 aliphatic rings. The summed E-state index contributed by atoms with van der Waals surface area (Å²) in [5, 5.41) is 11.2. The maximum atomic E-state index is 11.8.